The Hall–Kier alpha value is -1.60. The molecule has 0 aromatic carbocycles. The van der Waals surface area contributed by atoms with Crippen LogP contribution < -0.4 is 5.56 Å². The highest BCUT2D eigenvalue weighted by Gasteiger charge is 2.22. The lowest BCUT2D eigenvalue weighted by Crippen LogP contribution is -2.23. The number of hydrogen-bond acceptors (Lipinski definition) is 3. The monoisotopic (exact) mass is 218 g/mol. The number of ether oxygens (including phenoxy) is 1. The number of fused-ring (bicyclic) bond motifs is 1. The van der Waals surface area contributed by atoms with Gasteiger partial charge in [-0.05, 0) is 36.3 Å². The van der Waals surface area contributed by atoms with Gasteiger partial charge in [-0.2, -0.15) is 5.26 Å². The average molecular weight is 218 g/mol. The zero-order valence-corrected chi connectivity index (χ0v) is 9.25. The third kappa shape index (κ3) is 1.86. The van der Waals surface area contributed by atoms with Gasteiger partial charge in [-0.3, -0.25) is 4.79 Å². The van der Waals surface area contributed by atoms with Crippen LogP contribution >= 0.6 is 0 Å². The summed E-state index contributed by atoms with van der Waals surface area (Å²) < 4.78 is 5.14. The predicted octanol–water partition coefficient (Wildman–Crippen LogP) is 0.998. The normalized spacial score (nSPS) is 18.9. The van der Waals surface area contributed by atoms with E-state index in [0.717, 1.165) is 37.0 Å². The zero-order valence-electron chi connectivity index (χ0n) is 9.25. The molecule has 0 aliphatic heterocycles. The van der Waals surface area contributed by atoms with E-state index in [-0.39, 0.29) is 11.1 Å². The van der Waals surface area contributed by atoms with E-state index in [4.69, 9.17) is 10.00 Å². The molecule has 1 aliphatic rings. The molecule has 0 bridgehead atoms. The number of pyridine rings is 1. The minimum Gasteiger partial charge on any atom is -0.384 e. The molecule has 84 valence electrons. The Labute approximate surface area is 93.9 Å². The topological polar surface area (TPSA) is 65.9 Å². The predicted molar refractivity (Wildman–Crippen MR) is 59.2 cm³/mol. The van der Waals surface area contributed by atoms with Crippen LogP contribution in [0.25, 0.3) is 0 Å². The van der Waals surface area contributed by atoms with E-state index in [0.29, 0.717) is 5.92 Å². The van der Waals surface area contributed by atoms with Crippen molar-refractivity contribution in [2.45, 2.75) is 19.3 Å². The molecule has 1 aromatic heterocycles. The van der Waals surface area contributed by atoms with Gasteiger partial charge >= 0.3 is 0 Å². The van der Waals surface area contributed by atoms with Crippen LogP contribution in [0.3, 0.4) is 0 Å². The average Bonchev–Trinajstić information content (AvgIpc) is 2.30. The highest BCUT2D eigenvalue weighted by atomic mass is 16.5. The number of nitriles is 1. The lowest BCUT2D eigenvalue weighted by Gasteiger charge is -2.24. The lowest BCUT2D eigenvalue weighted by molar-refractivity contribution is 0.145. The molecule has 0 radical (unpaired) electrons. The maximum atomic E-state index is 11.4. The standard InChI is InChI=1S/C12H14N2O2/c1-16-7-8-2-3-10-9(4-8)6-14-12(15)11(10)5-13/h6,8H,2-4,7H2,1H3,(H,14,15). The van der Waals surface area contributed by atoms with Gasteiger partial charge in [-0.1, -0.05) is 0 Å². The van der Waals surface area contributed by atoms with Crippen LogP contribution in [-0.4, -0.2) is 18.7 Å². The Balaban J connectivity index is 2.35. The van der Waals surface area contributed by atoms with Crippen molar-refractivity contribution in [3.63, 3.8) is 0 Å². The molecule has 1 atom stereocenters. The number of nitrogens with zero attached hydrogens (tertiary/aromatic N) is 1. The lowest BCUT2D eigenvalue weighted by atomic mass is 9.83. The molecule has 4 heteroatoms. The number of hydrogen-bond donors (Lipinski definition) is 1. The molecule has 4 nitrogen and oxygen atoms in total. The molecule has 0 spiro atoms. The first-order valence-corrected chi connectivity index (χ1v) is 5.38. The van der Waals surface area contributed by atoms with E-state index in [9.17, 15) is 4.79 Å². The summed E-state index contributed by atoms with van der Waals surface area (Å²) in [7, 11) is 1.70. The number of aromatic nitrogens is 1. The van der Waals surface area contributed by atoms with Gasteiger partial charge in [-0.15, -0.1) is 0 Å². The van der Waals surface area contributed by atoms with E-state index in [2.05, 4.69) is 4.98 Å². The second kappa shape index (κ2) is 4.50. The van der Waals surface area contributed by atoms with Gasteiger partial charge < -0.3 is 9.72 Å². The van der Waals surface area contributed by atoms with Crippen LogP contribution in [-0.2, 0) is 17.6 Å². The highest BCUT2D eigenvalue weighted by Crippen LogP contribution is 2.25. The fourth-order valence-electron chi connectivity index (χ4n) is 2.33. The summed E-state index contributed by atoms with van der Waals surface area (Å²) in [4.78, 5) is 14.0. The summed E-state index contributed by atoms with van der Waals surface area (Å²) in [5.41, 5.74) is 2.03. The molecule has 0 saturated carbocycles. The molecule has 16 heavy (non-hydrogen) atoms. The van der Waals surface area contributed by atoms with Crippen molar-refractivity contribution >= 4 is 0 Å². The summed E-state index contributed by atoms with van der Waals surface area (Å²) in [6.07, 6.45) is 4.41. The van der Waals surface area contributed by atoms with Crippen LogP contribution in [0, 0.1) is 17.2 Å². The second-order valence-corrected chi connectivity index (χ2v) is 4.17. The van der Waals surface area contributed by atoms with Crippen LogP contribution in [0.15, 0.2) is 11.0 Å². The summed E-state index contributed by atoms with van der Waals surface area (Å²) in [5.74, 6) is 0.495. The van der Waals surface area contributed by atoms with E-state index in [1.807, 2.05) is 6.07 Å². The first-order valence-electron chi connectivity index (χ1n) is 5.38. The number of nitrogens with one attached hydrogen (secondary N) is 1. The summed E-state index contributed by atoms with van der Waals surface area (Å²) in [6, 6.07) is 2.00. The maximum absolute atomic E-state index is 11.4. The minimum atomic E-state index is -0.272. The molecule has 0 fully saturated rings. The summed E-state index contributed by atoms with van der Waals surface area (Å²) >= 11 is 0. The Kier molecular flexibility index (Phi) is 3.07. The van der Waals surface area contributed by atoms with E-state index in [1.54, 1.807) is 13.3 Å². The van der Waals surface area contributed by atoms with Gasteiger partial charge in [0.1, 0.15) is 11.6 Å². The summed E-state index contributed by atoms with van der Waals surface area (Å²) in [6.45, 7) is 0.737. The number of rotatable bonds is 2. The van der Waals surface area contributed by atoms with Crippen molar-refractivity contribution in [2.24, 2.45) is 5.92 Å². The molecular formula is C12H14N2O2. The van der Waals surface area contributed by atoms with Crippen LogP contribution in [0.1, 0.15) is 23.1 Å². The Morgan fingerprint density at radius 1 is 1.69 bits per heavy atom. The van der Waals surface area contributed by atoms with Gasteiger partial charge in [0.2, 0.25) is 0 Å². The largest absolute Gasteiger partial charge is 0.384 e. The van der Waals surface area contributed by atoms with Gasteiger partial charge in [0, 0.05) is 19.9 Å². The first-order chi connectivity index (χ1) is 7.76. The zero-order chi connectivity index (χ0) is 11.5. The van der Waals surface area contributed by atoms with Crippen molar-refractivity contribution in [3.05, 3.63) is 33.2 Å². The number of methoxy groups -OCH3 is 1. The molecular weight excluding hydrogens is 204 g/mol. The molecule has 1 unspecified atom stereocenters. The molecule has 1 heterocycles. The maximum Gasteiger partial charge on any atom is 0.266 e. The van der Waals surface area contributed by atoms with Gasteiger partial charge in [0.05, 0.1) is 0 Å². The molecule has 2 rings (SSSR count). The van der Waals surface area contributed by atoms with Crippen molar-refractivity contribution in [1.29, 1.82) is 5.26 Å². The van der Waals surface area contributed by atoms with Gasteiger partial charge in [-0.25, -0.2) is 0 Å². The molecule has 1 N–H and O–H groups in total. The smallest absolute Gasteiger partial charge is 0.266 e. The third-order valence-electron chi connectivity index (χ3n) is 3.12. The SMILES string of the molecule is COCC1CCc2c(c[nH]c(=O)c2C#N)C1. The number of aromatic amines is 1. The molecule has 0 amide bonds. The van der Waals surface area contributed by atoms with Crippen molar-refractivity contribution in [3.8, 4) is 6.07 Å². The van der Waals surface area contributed by atoms with E-state index >= 15 is 0 Å². The van der Waals surface area contributed by atoms with Gasteiger partial charge in [0.25, 0.3) is 5.56 Å². The minimum absolute atomic E-state index is 0.272. The van der Waals surface area contributed by atoms with E-state index < -0.39 is 0 Å². The Morgan fingerprint density at radius 2 is 2.50 bits per heavy atom. The quantitative estimate of drug-likeness (QED) is 0.805. The Bertz CT molecular complexity index is 485. The highest BCUT2D eigenvalue weighted by molar-refractivity contribution is 5.41. The first kappa shape index (κ1) is 10.9. The fraction of sp³-hybridized carbons (Fsp3) is 0.500. The third-order valence-corrected chi connectivity index (χ3v) is 3.12. The van der Waals surface area contributed by atoms with E-state index in [1.165, 1.54) is 0 Å². The number of H-pyrrole nitrogens is 1. The second-order valence-electron chi connectivity index (χ2n) is 4.17. The van der Waals surface area contributed by atoms with Gasteiger partial charge in [0.15, 0.2) is 0 Å². The van der Waals surface area contributed by atoms with Crippen LogP contribution in [0.5, 0.6) is 0 Å². The van der Waals surface area contributed by atoms with Crippen molar-refractivity contribution in [1.82, 2.24) is 4.98 Å². The molecule has 0 saturated heterocycles. The fourth-order valence-corrected chi connectivity index (χ4v) is 2.33. The van der Waals surface area contributed by atoms with Crippen LogP contribution in [0.2, 0.25) is 0 Å². The Morgan fingerprint density at radius 3 is 3.19 bits per heavy atom. The summed E-state index contributed by atoms with van der Waals surface area (Å²) in [5, 5.41) is 8.95. The molecule has 1 aromatic rings. The van der Waals surface area contributed by atoms with Crippen molar-refractivity contribution < 1.29 is 4.74 Å². The van der Waals surface area contributed by atoms with Crippen molar-refractivity contribution in [2.75, 3.05) is 13.7 Å². The van der Waals surface area contributed by atoms with Crippen LogP contribution in [0.4, 0.5) is 0 Å². The molecule has 1 aliphatic carbocycles.